The molecule has 2 aromatic rings. The van der Waals surface area contributed by atoms with Crippen LogP contribution in [-0.2, 0) is 12.8 Å². The van der Waals surface area contributed by atoms with Gasteiger partial charge in [-0.2, -0.15) is 0 Å². The Kier molecular flexibility index (Phi) is 4.60. The molecule has 1 amide bonds. The SMILES string of the molecule is CN(C)c1cc(C(=O)NC2CCCc3ccccc3C2)ccn1. The number of rotatable bonds is 3. The van der Waals surface area contributed by atoms with Crippen molar-refractivity contribution >= 4 is 11.7 Å². The quantitative estimate of drug-likeness (QED) is 0.887. The van der Waals surface area contributed by atoms with E-state index in [1.54, 1.807) is 12.3 Å². The first kappa shape index (κ1) is 15.5. The van der Waals surface area contributed by atoms with E-state index in [1.807, 2.05) is 25.1 Å². The number of hydrogen-bond donors (Lipinski definition) is 1. The fraction of sp³-hybridized carbons (Fsp3) is 0.368. The number of hydrogen-bond acceptors (Lipinski definition) is 3. The fourth-order valence-electron chi connectivity index (χ4n) is 3.10. The molecule has 0 saturated carbocycles. The van der Waals surface area contributed by atoms with Crippen molar-refractivity contribution in [2.45, 2.75) is 31.7 Å². The summed E-state index contributed by atoms with van der Waals surface area (Å²) in [6.07, 6.45) is 5.83. The Balaban J connectivity index is 1.72. The summed E-state index contributed by atoms with van der Waals surface area (Å²) in [5.74, 6) is 0.781. The minimum absolute atomic E-state index is 0.0140. The first-order chi connectivity index (χ1) is 11.1. The van der Waals surface area contributed by atoms with Gasteiger partial charge in [0.1, 0.15) is 5.82 Å². The lowest BCUT2D eigenvalue weighted by molar-refractivity contribution is 0.0935. The number of nitrogens with one attached hydrogen (secondary N) is 1. The van der Waals surface area contributed by atoms with Crippen LogP contribution in [0.4, 0.5) is 5.82 Å². The van der Waals surface area contributed by atoms with E-state index in [-0.39, 0.29) is 11.9 Å². The van der Waals surface area contributed by atoms with Crippen LogP contribution in [-0.4, -0.2) is 31.0 Å². The van der Waals surface area contributed by atoms with Crippen molar-refractivity contribution in [1.82, 2.24) is 10.3 Å². The average Bonchev–Trinajstić information content (AvgIpc) is 2.76. The van der Waals surface area contributed by atoms with Gasteiger partial charge >= 0.3 is 0 Å². The monoisotopic (exact) mass is 309 g/mol. The number of aryl methyl sites for hydroxylation is 1. The molecule has 0 fully saturated rings. The van der Waals surface area contributed by atoms with Gasteiger partial charge in [0.2, 0.25) is 0 Å². The molecule has 4 heteroatoms. The van der Waals surface area contributed by atoms with Gasteiger partial charge in [-0.25, -0.2) is 4.98 Å². The average molecular weight is 309 g/mol. The van der Waals surface area contributed by atoms with Gasteiger partial charge < -0.3 is 10.2 Å². The maximum atomic E-state index is 12.6. The molecule has 1 atom stereocenters. The van der Waals surface area contributed by atoms with Gasteiger partial charge in [0.25, 0.3) is 5.91 Å². The largest absolute Gasteiger partial charge is 0.363 e. The van der Waals surface area contributed by atoms with Gasteiger partial charge in [0.15, 0.2) is 0 Å². The van der Waals surface area contributed by atoms with Crippen LogP contribution >= 0.6 is 0 Å². The van der Waals surface area contributed by atoms with Gasteiger partial charge in [-0.05, 0) is 48.9 Å². The van der Waals surface area contributed by atoms with E-state index in [2.05, 4.69) is 34.6 Å². The van der Waals surface area contributed by atoms with Crippen molar-refractivity contribution in [3.05, 3.63) is 59.3 Å². The molecule has 0 saturated heterocycles. The standard InChI is InChI=1S/C19H23N3O/c1-22(2)18-13-16(10-11-20-18)19(23)21-17-9-5-8-14-6-3-4-7-15(14)12-17/h3-4,6-7,10-11,13,17H,5,8-9,12H2,1-2H3,(H,21,23). The normalized spacial score (nSPS) is 17.0. The zero-order chi connectivity index (χ0) is 16.2. The van der Waals surface area contributed by atoms with Crippen LogP contribution in [0, 0.1) is 0 Å². The Labute approximate surface area is 137 Å². The van der Waals surface area contributed by atoms with Crippen LogP contribution in [0.2, 0.25) is 0 Å². The molecule has 1 aromatic carbocycles. The zero-order valence-corrected chi connectivity index (χ0v) is 13.7. The third-order valence-corrected chi connectivity index (χ3v) is 4.38. The van der Waals surface area contributed by atoms with E-state index >= 15 is 0 Å². The van der Waals surface area contributed by atoms with Crippen molar-refractivity contribution in [2.75, 3.05) is 19.0 Å². The Bertz CT molecular complexity index is 697. The summed E-state index contributed by atoms with van der Waals surface area (Å²) in [6, 6.07) is 12.4. The lowest BCUT2D eigenvalue weighted by atomic mass is 10.0. The van der Waals surface area contributed by atoms with E-state index in [0.29, 0.717) is 5.56 Å². The smallest absolute Gasteiger partial charge is 0.251 e. The molecular weight excluding hydrogens is 286 g/mol. The molecule has 1 unspecified atom stereocenters. The molecule has 0 aliphatic heterocycles. The van der Waals surface area contributed by atoms with Crippen LogP contribution in [0.25, 0.3) is 0 Å². The predicted octanol–water partition coefficient (Wildman–Crippen LogP) is 2.83. The van der Waals surface area contributed by atoms with Gasteiger partial charge in [-0.15, -0.1) is 0 Å². The van der Waals surface area contributed by atoms with Crippen LogP contribution in [0.3, 0.4) is 0 Å². The Morgan fingerprint density at radius 1 is 1.22 bits per heavy atom. The second-order valence-corrected chi connectivity index (χ2v) is 6.33. The number of carbonyl (C=O) groups is 1. The lowest BCUT2D eigenvalue weighted by Crippen LogP contribution is -2.36. The molecule has 1 aliphatic rings. The highest BCUT2D eigenvalue weighted by atomic mass is 16.1. The zero-order valence-electron chi connectivity index (χ0n) is 13.7. The summed E-state index contributed by atoms with van der Waals surface area (Å²) in [5, 5.41) is 3.20. The molecule has 23 heavy (non-hydrogen) atoms. The van der Waals surface area contributed by atoms with Crippen molar-refractivity contribution in [3.63, 3.8) is 0 Å². The van der Waals surface area contributed by atoms with E-state index < -0.39 is 0 Å². The summed E-state index contributed by atoms with van der Waals surface area (Å²) in [5.41, 5.74) is 3.45. The first-order valence-electron chi connectivity index (χ1n) is 8.14. The Hall–Kier alpha value is -2.36. The summed E-state index contributed by atoms with van der Waals surface area (Å²) < 4.78 is 0. The second-order valence-electron chi connectivity index (χ2n) is 6.33. The number of nitrogens with zero attached hydrogens (tertiary/aromatic N) is 2. The van der Waals surface area contributed by atoms with Gasteiger partial charge in [0.05, 0.1) is 0 Å². The Morgan fingerprint density at radius 2 is 2.00 bits per heavy atom. The molecule has 0 radical (unpaired) electrons. The Morgan fingerprint density at radius 3 is 2.78 bits per heavy atom. The minimum atomic E-state index is -0.0140. The van der Waals surface area contributed by atoms with E-state index in [9.17, 15) is 4.79 Å². The summed E-state index contributed by atoms with van der Waals surface area (Å²) >= 11 is 0. The highest BCUT2D eigenvalue weighted by Gasteiger charge is 2.19. The van der Waals surface area contributed by atoms with Crippen molar-refractivity contribution < 1.29 is 4.79 Å². The molecule has 1 aromatic heterocycles. The van der Waals surface area contributed by atoms with Crippen LogP contribution in [0.1, 0.15) is 34.3 Å². The number of benzene rings is 1. The van der Waals surface area contributed by atoms with Gasteiger partial charge in [-0.1, -0.05) is 24.3 Å². The fourth-order valence-corrected chi connectivity index (χ4v) is 3.10. The molecule has 1 N–H and O–H groups in total. The molecule has 4 nitrogen and oxygen atoms in total. The number of carbonyl (C=O) groups excluding carboxylic acids is 1. The van der Waals surface area contributed by atoms with Gasteiger partial charge in [-0.3, -0.25) is 4.79 Å². The number of anilines is 1. The number of aromatic nitrogens is 1. The van der Waals surface area contributed by atoms with Crippen molar-refractivity contribution in [3.8, 4) is 0 Å². The molecule has 0 spiro atoms. The van der Waals surface area contributed by atoms with E-state index in [4.69, 9.17) is 0 Å². The van der Waals surface area contributed by atoms with E-state index in [1.165, 1.54) is 11.1 Å². The van der Waals surface area contributed by atoms with E-state index in [0.717, 1.165) is 31.5 Å². The number of amides is 1. The summed E-state index contributed by atoms with van der Waals surface area (Å²) in [6.45, 7) is 0. The molecule has 1 heterocycles. The van der Waals surface area contributed by atoms with Crippen LogP contribution < -0.4 is 10.2 Å². The van der Waals surface area contributed by atoms with Crippen molar-refractivity contribution in [1.29, 1.82) is 0 Å². The number of pyridine rings is 1. The van der Waals surface area contributed by atoms with Crippen LogP contribution in [0.15, 0.2) is 42.6 Å². The summed E-state index contributed by atoms with van der Waals surface area (Å²) in [4.78, 5) is 18.7. The lowest BCUT2D eigenvalue weighted by Gasteiger charge is -2.18. The summed E-state index contributed by atoms with van der Waals surface area (Å²) in [7, 11) is 3.85. The first-order valence-corrected chi connectivity index (χ1v) is 8.14. The highest BCUT2D eigenvalue weighted by Crippen LogP contribution is 2.21. The highest BCUT2D eigenvalue weighted by molar-refractivity contribution is 5.95. The molecule has 0 bridgehead atoms. The maximum Gasteiger partial charge on any atom is 0.251 e. The topological polar surface area (TPSA) is 45.2 Å². The second kappa shape index (κ2) is 6.82. The van der Waals surface area contributed by atoms with Gasteiger partial charge in [0, 0.05) is 31.9 Å². The maximum absolute atomic E-state index is 12.6. The molecule has 3 rings (SSSR count). The molecular formula is C19H23N3O. The molecule has 120 valence electrons. The minimum Gasteiger partial charge on any atom is -0.363 e. The van der Waals surface area contributed by atoms with Crippen LogP contribution in [0.5, 0.6) is 0 Å². The molecule has 1 aliphatic carbocycles. The predicted molar refractivity (Wildman–Crippen MR) is 92.9 cm³/mol. The number of fused-ring (bicyclic) bond motifs is 1. The van der Waals surface area contributed by atoms with Crippen molar-refractivity contribution in [2.24, 2.45) is 0 Å². The third-order valence-electron chi connectivity index (χ3n) is 4.38. The third kappa shape index (κ3) is 3.70.